The molecule has 0 radical (unpaired) electrons. The number of nitrogens with zero attached hydrogens (tertiary/aromatic N) is 2. The van der Waals surface area contributed by atoms with Crippen LogP contribution in [0.2, 0.25) is 0 Å². The molecule has 1 aromatic rings. The second kappa shape index (κ2) is 5.01. The first-order valence-electron chi connectivity index (χ1n) is 4.52. The van der Waals surface area contributed by atoms with Gasteiger partial charge in [-0.3, -0.25) is 0 Å². The molecule has 4 nitrogen and oxygen atoms in total. The number of aliphatic imine (C=N–C) groups is 2. The van der Waals surface area contributed by atoms with Crippen LogP contribution in [0.1, 0.15) is 18.1 Å². The van der Waals surface area contributed by atoms with E-state index in [0.29, 0.717) is 17.8 Å². The van der Waals surface area contributed by atoms with Crippen LogP contribution in [0.15, 0.2) is 22.1 Å². The van der Waals surface area contributed by atoms with Crippen LogP contribution in [-0.2, 0) is 16.0 Å². The molecule has 1 rings (SSSR count). The standard InChI is InChI=1S/C11H10N2O2/c1-3-9-8(2)4-5-10(12-6-14)11(9)13-7-15/h4-5H,3H2,1-2H3. The van der Waals surface area contributed by atoms with Crippen molar-refractivity contribution in [1.82, 2.24) is 0 Å². The molecule has 0 aliphatic carbocycles. The molecule has 0 bridgehead atoms. The molecule has 0 aliphatic rings. The van der Waals surface area contributed by atoms with E-state index in [1.165, 1.54) is 12.2 Å². The topological polar surface area (TPSA) is 58.9 Å². The van der Waals surface area contributed by atoms with E-state index in [0.717, 1.165) is 11.1 Å². The van der Waals surface area contributed by atoms with E-state index in [1.54, 1.807) is 6.07 Å². The van der Waals surface area contributed by atoms with Crippen molar-refractivity contribution in [2.24, 2.45) is 9.98 Å². The van der Waals surface area contributed by atoms with Gasteiger partial charge >= 0.3 is 0 Å². The highest BCUT2D eigenvalue weighted by Gasteiger charge is 2.08. The quantitative estimate of drug-likeness (QED) is 0.558. The van der Waals surface area contributed by atoms with Crippen molar-refractivity contribution >= 4 is 23.5 Å². The fourth-order valence-corrected chi connectivity index (χ4v) is 1.48. The summed E-state index contributed by atoms with van der Waals surface area (Å²) in [5.41, 5.74) is 2.68. The fourth-order valence-electron chi connectivity index (χ4n) is 1.48. The van der Waals surface area contributed by atoms with E-state index in [9.17, 15) is 9.59 Å². The van der Waals surface area contributed by atoms with Crippen LogP contribution >= 0.6 is 0 Å². The van der Waals surface area contributed by atoms with Crippen LogP contribution in [-0.4, -0.2) is 12.2 Å². The highest BCUT2D eigenvalue weighted by Crippen LogP contribution is 2.33. The number of hydrogen-bond donors (Lipinski definition) is 0. The zero-order valence-electron chi connectivity index (χ0n) is 8.57. The van der Waals surface area contributed by atoms with Crippen molar-refractivity contribution in [1.29, 1.82) is 0 Å². The van der Waals surface area contributed by atoms with Gasteiger partial charge in [-0.15, -0.1) is 0 Å². The predicted molar refractivity (Wildman–Crippen MR) is 56.1 cm³/mol. The van der Waals surface area contributed by atoms with Gasteiger partial charge in [-0.25, -0.2) is 9.59 Å². The van der Waals surface area contributed by atoms with Gasteiger partial charge < -0.3 is 0 Å². The smallest absolute Gasteiger partial charge is 0.211 e. The van der Waals surface area contributed by atoms with Crippen LogP contribution < -0.4 is 0 Å². The molecule has 0 saturated heterocycles. The van der Waals surface area contributed by atoms with Crippen LogP contribution in [0.5, 0.6) is 0 Å². The Morgan fingerprint density at radius 2 is 1.87 bits per heavy atom. The maximum absolute atomic E-state index is 10.3. The minimum Gasteiger partial charge on any atom is -0.211 e. The molecule has 0 atom stereocenters. The summed E-state index contributed by atoms with van der Waals surface area (Å²) in [4.78, 5) is 27.5. The molecule has 0 saturated carbocycles. The minimum absolute atomic E-state index is 0.357. The number of aryl methyl sites for hydroxylation is 1. The van der Waals surface area contributed by atoms with Crippen molar-refractivity contribution in [3.63, 3.8) is 0 Å². The molecule has 76 valence electrons. The summed E-state index contributed by atoms with van der Waals surface area (Å²) < 4.78 is 0. The lowest BCUT2D eigenvalue weighted by Gasteiger charge is -2.07. The Kier molecular flexibility index (Phi) is 3.69. The van der Waals surface area contributed by atoms with Gasteiger partial charge in [0, 0.05) is 0 Å². The van der Waals surface area contributed by atoms with E-state index in [-0.39, 0.29) is 0 Å². The van der Waals surface area contributed by atoms with E-state index in [2.05, 4.69) is 9.98 Å². The molecule has 0 aliphatic heterocycles. The molecule has 0 unspecified atom stereocenters. The van der Waals surface area contributed by atoms with Gasteiger partial charge in [0.05, 0.1) is 0 Å². The van der Waals surface area contributed by atoms with Crippen LogP contribution in [0.4, 0.5) is 11.4 Å². The van der Waals surface area contributed by atoms with E-state index in [1.807, 2.05) is 19.9 Å². The number of hydrogen-bond acceptors (Lipinski definition) is 4. The molecule has 0 N–H and O–H groups in total. The first-order chi connectivity index (χ1) is 7.24. The third kappa shape index (κ3) is 2.26. The zero-order chi connectivity index (χ0) is 11.3. The third-order valence-electron chi connectivity index (χ3n) is 2.17. The molecular weight excluding hydrogens is 192 g/mol. The lowest BCUT2D eigenvalue weighted by atomic mass is 10.0. The Labute approximate surface area is 87.4 Å². The molecule has 0 heterocycles. The molecule has 0 amide bonds. The first kappa shape index (κ1) is 11.1. The van der Waals surface area contributed by atoms with Crippen molar-refractivity contribution in [2.75, 3.05) is 0 Å². The second-order valence-electron chi connectivity index (χ2n) is 2.99. The monoisotopic (exact) mass is 202 g/mol. The summed E-state index contributed by atoms with van der Waals surface area (Å²) in [6, 6.07) is 3.47. The van der Waals surface area contributed by atoms with Crippen LogP contribution in [0.25, 0.3) is 0 Å². The average molecular weight is 202 g/mol. The maximum atomic E-state index is 10.3. The number of rotatable bonds is 3. The maximum Gasteiger partial charge on any atom is 0.240 e. The van der Waals surface area contributed by atoms with E-state index >= 15 is 0 Å². The van der Waals surface area contributed by atoms with Gasteiger partial charge in [-0.05, 0) is 30.5 Å². The number of benzene rings is 1. The Balaban J connectivity index is 3.54. The van der Waals surface area contributed by atoms with Crippen molar-refractivity contribution < 1.29 is 9.59 Å². The summed E-state index contributed by atoms with van der Waals surface area (Å²) in [6.07, 6.45) is 3.63. The second-order valence-corrected chi connectivity index (χ2v) is 2.99. The normalized spacial score (nSPS) is 8.93. The van der Waals surface area contributed by atoms with E-state index < -0.39 is 0 Å². The van der Waals surface area contributed by atoms with Gasteiger partial charge in [0.25, 0.3) is 0 Å². The molecule has 0 fully saturated rings. The molecule has 1 aromatic carbocycles. The lowest BCUT2D eigenvalue weighted by molar-refractivity contribution is 0.564. The van der Waals surface area contributed by atoms with Crippen LogP contribution in [0.3, 0.4) is 0 Å². The highest BCUT2D eigenvalue weighted by molar-refractivity contribution is 5.72. The Bertz CT molecular complexity index is 468. The molecule has 0 spiro atoms. The van der Waals surface area contributed by atoms with Gasteiger partial charge in [-0.2, -0.15) is 9.98 Å². The fraction of sp³-hybridized carbons (Fsp3) is 0.273. The Morgan fingerprint density at radius 1 is 1.20 bits per heavy atom. The minimum atomic E-state index is 0.357. The summed E-state index contributed by atoms with van der Waals surface area (Å²) in [5, 5.41) is 0. The van der Waals surface area contributed by atoms with Crippen molar-refractivity contribution in [3.05, 3.63) is 23.3 Å². The SMILES string of the molecule is CCc1c(C)ccc(N=C=O)c1N=C=O. The zero-order valence-corrected chi connectivity index (χ0v) is 8.57. The Morgan fingerprint density at radius 3 is 2.40 bits per heavy atom. The molecule has 4 heteroatoms. The molecule has 0 aromatic heterocycles. The van der Waals surface area contributed by atoms with Crippen molar-refractivity contribution in [3.8, 4) is 0 Å². The summed E-state index contributed by atoms with van der Waals surface area (Å²) >= 11 is 0. The highest BCUT2D eigenvalue weighted by atomic mass is 16.1. The first-order valence-corrected chi connectivity index (χ1v) is 4.52. The predicted octanol–water partition coefficient (Wildman–Crippen LogP) is 2.49. The lowest BCUT2D eigenvalue weighted by Crippen LogP contribution is -1.87. The Hall–Kier alpha value is -2.02. The van der Waals surface area contributed by atoms with Gasteiger partial charge in [0.15, 0.2) is 0 Å². The van der Waals surface area contributed by atoms with Gasteiger partial charge in [0.1, 0.15) is 11.4 Å². The molecule has 15 heavy (non-hydrogen) atoms. The van der Waals surface area contributed by atoms with Gasteiger partial charge in [0.2, 0.25) is 12.2 Å². The largest absolute Gasteiger partial charge is 0.240 e. The van der Waals surface area contributed by atoms with Gasteiger partial charge in [-0.1, -0.05) is 13.0 Å². The summed E-state index contributed by atoms with van der Waals surface area (Å²) in [6.45, 7) is 3.86. The summed E-state index contributed by atoms with van der Waals surface area (Å²) in [7, 11) is 0. The number of isocyanates is 2. The third-order valence-corrected chi connectivity index (χ3v) is 2.17. The average Bonchev–Trinajstić information content (AvgIpc) is 2.23. The summed E-state index contributed by atoms with van der Waals surface area (Å²) in [5.74, 6) is 0. The number of carbonyl (C=O) groups excluding carboxylic acids is 2. The molecular formula is C11H10N2O2. The van der Waals surface area contributed by atoms with Crippen LogP contribution in [0, 0.1) is 6.92 Å². The van der Waals surface area contributed by atoms with E-state index in [4.69, 9.17) is 0 Å². The van der Waals surface area contributed by atoms with Crippen molar-refractivity contribution in [2.45, 2.75) is 20.3 Å².